The fourth-order valence-corrected chi connectivity index (χ4v) is 3.65. The van der Waals surface area contributed by atoms with Crippen LogP contribution in [0.1, 0.15) is 31.2 Å². The van der Waals surface area contributed by atoms with Crippen molar-refractivity contribution in [2.45, 2.75) is 31.7 Å². The number of aromatic nitrogens is 1. The van der Waals surface area contributed by atoms with E-state index >= 15 is 0 Å². The van der Waals surface area contributed by atoms with Crippen molar-refractivity contribution >= 4 is 22.4 Å². The number of carboxylic acid groups (broad SMARTS) is 1. The highest BCUT2D eigenvalue weighted by atomic mass is 32.1. The molecule has 1 aliphatic rings. The van der Waals surface area contributed by atoms with E-state index in [1.54, 1.807) is 23.5 Å². The maximum absolute atomic E-state index is 11.0. The molecule has 1 fully saturated rings. The molecule has 118 valence electrons. The average molecular weight is 327 g/mol. The zero-order valence-corrected chi connectivity index (χ0v) is 13.3. The Morgan fingerprint density at radius 1 is 1.26 bits per heavy atom. The van der Waals surface area contributed by atoms with Gasteiger partial charge in [0.25, 0.3) is 0 Å². The number of rotatable bonds is 4. The van der Waals surface area contributed by atoms with E-state index < -0.39 is 5.97 Å². The van der Waals surface area contributed by atoms with Crippen LogP contribution in [0, 0.1) is 17.2 Å². The summed E-state index contributed by atoms with van der Waals surface area (Å²) in [5.74, 6) is -0.876. The van der Waals surface area contributed by atoms with Crippen molar-refractivity contribution in [3.8, 4) is 17.3 Å². The second-order valence-corrected chi connectivity index (χ2v) is 6.62. The molecular formula is C17H17N3O2S. The van der Waals surface area contributed by atoms with Gasteiger partial charge in [-0.2, -0.15) is 5.26 Å². The van der Waals surface area contributed by atoms with E-state index in [9.17, 15) is 4.79 Å². The molecule has 1 aromatic carbocycles. The number of nitriles is 1. The molecule has 2 N–H and O–H groups in total. The second kappa shape index (κ2) is 6.80. The Hall–Kier alpha value is -2.39. The molecule has 0 unspecified atom stereocenters. The number of carboxylic acids is 1. The van der Waals surface area contributed by atoms with E-state index in [0.29, 0.717) is 11.6 Å². The largest absolute Gasteiger partial charge is 0.481 e. The van der Waals surface area contributed by atoms with Crippen LogP contribution in [-0.2, 0) is 4.79 Å². The molecule has 6 heteroatoms. The fraction of sp³-hybridized carbons (Fsp3) is 0.353. The van der Waals surface area contributed by atoms with E-state index in [1.165, 1.54) is 0 Å². The summed E-state index contributed by atoms with van der Waals surface area (Å²) in [5.41, 5.74) is 2.52. The van der Waals surface area contributed by atoms with E-state index in [1.807, 2.05) is 17.5 Å². The molecule has 1 heterocycles. The van der Waals surface area contributed by atoms with Crippen LogP contribution in [0.4, 0.5) is 5.13 Å². The van der Waals surface area contributed by atoms with E-state index in [0.717, 1.165) is 42.1 Å². The maximum atomic E-state index is 11.0. The first-order chi connectivity index (χ1) is 11.2. The normalized spacial score (nSPS) is 20.7. The third-order valence-electron chi connectivity index (χ3n) is 4.22. The summed E-state index contributed by atoms with van der Waals surface area (Å²) in [6.07, 6.45) is 3.17. The van der Waals surface area contributed by atoms with E-state index in [-0.39, 0.29) is 5.92 Å². The van der Waals surface area contributed by atoms with Gasteiger partial charge in [-0.3, -0.25) is 4.79 Å². The van der Waals surface area contributed by atoms with Gasteiger partial charge >= 0.3 is 5.97 Å². The number of carbonyl (C=O) groups is 1. The van der Waals surface area contributed by atoms with Gasteiger partial charge in [0.2, 0.25) is 0 Å². The number of hydrogen-bond donors (Lipinski definition) is 2. The Morgan fingerprint density at radius 2 is 1.96 bits per heavy atom. The smallest absolute Gasteiger partial charge is 0.306 e. The third-order valence-corrected chi connectivity index (χ3v) is 4.99. The van der Waals surface area contributed by atoms with E-state index in [2.05, 4.69) is 16.4 Å². The van der Waals surface area contributed by atoms with Gasteiger partial charge in [-0.15, -0.1) is 11.3 Å². The number of nitrogens with one attached hydrogen (secondary N) is 1. The van der Waals surface area contributed by atoms with Crippen LogP contribution in [0.5, 0.6) is 0 Å². The van der Waals surface area contributed by atoms with Crippen LogP contribution >= 0.6 is 11.3 Å². The minimum absolute atomic E-state index is 0.196. The molecule has 0 atom stereocenters. The van der Waals surface area contributed by atoms with Crippen LogP contribution in [0.2, 0.25) is 0 Å². The van der Waals surface area contributed by atoms with Crippen molar-refractivity contribution in [1.29, 1.82) is 5.26 Å². The predicted octanol–water partition coefficient (Wildman–Crippen LogP) is 3.74. The standard InChI is InChI=1S/C17H17N3O2S/c18-9-11-1-3-12(4-2-11)15-10-23-17(20-15)19-14-7-5-13(6-8-14)16(21)22/h1-4,10,13-14H,5-8H2,(H,19,20)(H,21,22). The Labute approximate surface area is 138 Å². The lowest BCUT2D eigenvalue weighted by molar-refractivity contribution is -0.142. The van der Waals surface area contributed by atoms with Crippen molar-refractivity contribution in [3.63, 3.8) is 0 Å². The highest BCUT2D eigenvalue weighted by Gasteiger charge is 2.26. The van der Waals surface area contributed by atoms with Crippen LogP contribution in [0.3, 0.4) is 0 Å². The van der Waals surface area contributed by atoms with Gasteiger partial charge in [-0.1, -0.05) is 12.1 Å². The summed E-state index contributed by atoms with van der Waals surface area (Å²) in [5, 5.41) is 24.1. The molecule has 0 saturated heterocycles. The molecule has 3 rings (SSSR count). The molecule has 0 aliphatic heterocycles. The van der Waals surface area contributed by atoms with Crippen molar-refractivity contribution in [2.75, 3.05) is 5.32 Å². The number of benzene rings is 1. The number of hydrogen-bond acceptors (Lipinski definition) is 5. The molecule has 23 heavy (non-hydrogen) atoms. The zero-order chi connectivity index (χ0) is 16.2. The summed E-state index contributed by atoms with van der Waals surface area (Å²) in [6.45, 7) is 0. The molecule has 2 aromatic rings. The molecule has 0 amide bonds. The highest BCUT2D eigenvalue weighted by molar-refractivity contribution is 7.14. The average Bonchev–Trinajstić information content (AvgIpc) is 3.04. The SMILES string of the molecule is N#Cc1ccc(-c2csc(NC3CCC(C(=O)O)CC3)n2)cc1. The zero-order valence-electron chi connectivity index (χ0n) is 12.5. The Balaban J connectivity index is 1.61. The molecule has 1 saturated carbocycles. The lowest BCUT2D eigenvalue weighted by Gasteiger charge is -2.26. The van der Waals surface area contributed by atoms with Crippen molar-refractivity contribution in [1.82, 2.24) is 4.98 Å². The monoisotopic (exact) mass is 327 g/mol. The second-order valence-electron chi connectivity index (χ2n) is 5.76. The number of anilines is 1. The van der Waals surface area contributed by atoms with Gasteiger partial charge in [0, 0.05) is 17.0 Å². The molecule has 0 radical (unpaired) electrons. The minimum atomic E-state index is -0.680. The fourth-order valence-electron chi connectivity index (χ4n) is 2.85. The first-order valence-electron chi connectivity index (χ1n) is 7.61. The maximum Gasteiger partial charge on any atom is 0.306 e. The summed E-state index contributed by atoms with van der Waals surface area (Å²) in [6, 6.07) is 9.77. The van der Waals surface area contributed by atoms with Gasteiger partial charge in [-0.05, 0) is 37.8 Å². The quantitative estimate of drug-likeness (QED) is 0.893. The number of aliphatic carboxylic acids is 1. The third kappa shape index (κ3) is 3.69. The number of nitrogens with zero attached hydrogens (tertiary/aromatic N) is 2. The lowest BCUT2D eigenvalue weighted by atomic mass is 9.86. The minimum Gasteiger partial charge on any atom is -0.481 e. The van der Waals surface area contributed by atoms with Crippen LogP contribution in [-0.4, -0.2) is 22.1 Å². The predicted molar refractivity (Wildman–Crippen MR) is 89.3 cm³/mol. The van der Waals surface area contributed by atoms with Gasteiger partial charge in [-0.25, -0.2) is 4.98 Å². The molecule has 0 bridgehead atoms. The Morgan fingerprint density at radius 3 is 2.57 bits per heavy atom. The first kappa shape index (κ1) is 15.5. The molecule has 0 spiro atoms. The topological polar surface area (TPSA) is 86.0 Å². The van der Waals surface area contributed by atoms with Gasteiger partial charge < -0.3 is 10.4 Å². The van der Waals surface area contributed by atoms with E-state index in [4.69, 9.17) is 10.4 Å². The summed E-state index contributed by atoms with van der Waals surface area (Å²) >= 11 is 1.55. The summed E-state index contributed by atoms with van der Waals surface area (Å²) in [7, 11) is 0. The highest BCUT2D eigenvalue weighted by Crippen LogP contribution is 2.30. The first-order valence-corrected chi connectivity index (χ1v) is 8.49. The molecule has 1 aromatic heterocycles. The van der Waals surface area contributed by atoms with Crippen LogP contribution in [0.25, 0.3) is 11.3 Å². The number of thiazole rings is 1. The molecular weight excluding hydrogens is 310 g/mol. The molecule has 5 nitrogen and oxygen atoms in total. The van der Waals surface area contributed by atoms with Crippen molar-refractivity contribution < 1.29 is 9.90 Å². The summed E-state index contributed by atoms with van der Waals surface area (Å²) < 4.78 is 0. The Kier molecular flexibility index (Phi) is 4.58. The summed E-state index contributed by atoms with van der Waals surface area (Å²) in [4.78, 5) is 15.6. The van der Waals surface area contributed by atoms with Crippen LogP contribution in [0.15, 0.2) is 29.6 Å². The van der Waals surface area contributed by atoms with Gasteiger partial charge in [0.15, 0.2) is 5.13 Å². The van der Waals surface area contributed by atoms with Crippen molar-refractivity contribution in [3.05, 3.63) is 35.2 Å². The van der Waals surface area contributed by atoms with Gasteiger partial charge in [0.05, 0.1) is 23.2 Å². The lowest BCUT2D eigenvalue weighted by Crippen LogP contribution is -2.29. The van der Waals surface area contributed by atoms with Crippen molar-refractivity contribution in [2.24, 2.45) is 5.92 Å². The van der Waals surface area contributed by atoms with Crippen LogP contribution < -0.4 is 5.32 Å². The van der Waals surface area contributed by atoms with Gasteiger partial charge in [0.1, 0.15) is 0 Å². The molecule has 1 aliphatic carbocycles. The Bertz CT molecular complexity index is 725.